The lowest BCUT2D eigenvalue weighted by Gasteiger charge is -2.27. The molecule has 3 heteroatoms. The average molecular weight is 296 g/mol. The van der Waals surface area contributed by atoms with Gasteiger partial charge in [0.05, 0.1) is 6.04 Å². The van der Waals surface area contributed by atoms with Crippen LogP contribution in [0.15, 0.2) is 24.3 Å². The van der Waals surface area contributed by atoms with Crippen molar-refractivity contribution >= 4 is 16.8 Å². The lowest BCUT2D eigenvalue weighted by atomic mass is 9.87. The first-order valence-electron chi connectivity index (χ1n) is 8.73. The van der Waals surface area contributed by atoms with Crippen molar-refractivity contribution in [2.24, 2.45) is 5.92 Å². The molecular formula is C19H24N2O. The summed E-state index contributed by atoms with van der Waals surface area (Å²) >= 11 is 0. The van der Waals surface area contributed by atoms with Crippen LogP contribution in [0.1, 0.15) is 62.2 Å². The smallest absolute Gasteiger partial charge is 0.223 e. The number of amides is 1. The summed E-state index contributed by atoms with van der Waals surface area (Å²) in [6.07, 6.45) is 9.17. The SMILES string of the molecule is O=C(N[C@@H]1CCCc2c1[nH]c1ccccc21)C1CCCCC1. The Bertz CT molecular complexity index is 682. The normalized spacial score (nSPS) is 22.5. The molecule has 116 valence electrons. The van der Waals surface area contributed by atoms with Gasteiger partial charge in [0.15, 0.2) is 0 Å². The van der Waals surface area contributed by atoms with Gasteiger partial charge in [-0.05, 0) is 43.7 Å². The van der Waals surface area contributed by atoms with Gasteiger partial charge in [-0.1, -0.05) is 37.5 Å². The number of aryl methyl sites for hydroxylation is 1. The van der Waals surface area contributed by atoms with Crippen LogP contribution in [0.4, 0.5) is 0 Å². The third-order valence-corrected chi connectivity index (χ3v) is 5.41. The molecule has 1 amide bonds. The molecule has 0 radical (unpaired) electrons. The van der Waals surface area contributed by atoms with Gasteiger partial charge in [-0.25, -0.2) is 0 Å². The number of carbonyl (C=O) groups is 1. The number of nitrogens with one attached hydrogen (secondary N) is 2. The van der Waals surface area contributed by atoms with Gasteiger partial charge in [0.1, 0.15) is 0 Å². The number of H-pyrrole nitrogens is 1. The molecule has 4 rings (SSSR count). The number of para-hydroxylation sites is 1. The van der Waals surface area contributed by atoms with Crippen molar-refractivity contribution in [3.63, 3.8) is 0 Å². The fourth-order valence-electron chi connectivity index (χ4n) is 4.21. The van der Waals surface area contributed by atoms with Gasteiger partial charge in [0.2, 0.25) is 5.91 Å². The Morgan fingerprint density at radius 3 is 2.73 bits per heavy atom. The number of hydrogen-bond acceptors (Lipinski definition) is 1. The van der Waals surface area contributed by atoms with E-state index in [0.717, 1.165) is 32.1 Å². The summed E-state index contributed by atoms with van der Waals surface area (Å²) in [4.78, 5) is 16.1. The molecule has 1 aromatic heterocycles. The van der Waals surface area contributed by atoms with Crippen molar-refractivity contribution in [2.75, 3.05) is 0 Å². The molecule has 1 heterocycles. The molecule has 2 aromatic rings. The van der Waals surface area contributed by atoms with Crippen LogP contribution in [0, 0.1) is 5.92 Å². The zero-order chi connectivity index (χ0) is 14.9. The van der Waals surface area contributed by atoms with Gasteiger partial charge in [-0.2, -0.15) is 0 Å². The van der Waals surface area contributed by atoms with Crippen molar-refractivity contribution in [1.82, 2.24) is 10.3 Å². The van der Waals surface area contributed by atoms with Crippen LogP contribution >= 0.6 is 0 Å². The highest BCUT2D eigenvalue weighted by Crippen LogP contribution is 2.35. The van der Waals surface area contributed by atoms with E-state index in [4.69, 9.17) is 0 Å². The number of aromatic amines is 1. The summed E-state index contributed by atoms with van der Waals surface area (Å²) in [6, 6.07) is 8.66. The van der Waals surface area contributed by atoms with Crippen LogP contribution in [0.5, 0.6) is 0 Å². The van der Waals surface area contributed by atoms with Crippen LogP contribution in [0.2, 0.25) is 0 Å². The highest BCUT2D eigenvalue weighted by Gasteiger charge is 2.28. The van der Waals surface area contributed by atoms with E-state index in [2.05, 4.69) is 34.6 Å². The minimum Gasteiger partial charge on any atom is -0.356 e. The molecule has 0 spiro atoms. The van der Waals surface area contributed by atoms with E-state index in [-0.39, 0.29) is 17.9 Å². The maximum absolute atomic E-state index is 12.6. The third-order valence-electron chi connectivity index (χ3n) is 5.41. The van der Waals surface area contributed by atoms with Gasteiger partial charge in [0, 0.05) is 22.5 Å². The largest absolute Gasteiger partial charge is 0.356 e. The number of fused-ring (bicyclic) bond motifs is 3. The Hall–Kier alpha value is -1.77. The van der Waals surface area contributed by atoms with Crippen LogP contribution in [-0.2, 0) is 11.2 Å². The predicted molar refractivity (Wildman–Crippen MR) is 88.7 cm³/mol. The zero-order valence-corrected chi connectivity index (χ0v) is 13.0. The number of benzene rings is 1. The van der Waals surface area contributed by atoms with Gasteiger partial charge in [-0.15, -0.1) is 0 Å². The second-order valence-corrected chi connectivity index (χ2v) is 6.85. The predicted octanol–water partition coefficient (Wildman–Crippen LogP) is 4.24. The van der Waals surface area contributed by atoms with E-state index in [0.29, 0.717) is 0 Å². The Balaban J connectivity index is 1.58. The minimum atomic E-state index is 0.172. The third kappa shape index (κ3) is 2.43. The maximum Gasteiger partial charge on any atom is 0.223 e. The number of hydrogen-bond donors (Lipinski definition) is 2. The monoisotopic (exact) mass is 296 g/mol. The fourth-order valence-corrected chi connectivity index (χ4v) is 4.21. The second-order valence-electron chi connectivity index (χ2n) is 6.85. The van der Waals surface area contributed by atoms with Crippen molar-refractivity contribution in [2.45, 2.75) is 57.4 Å². The first-order chi connectivity index (χ1) is 10.8. The number of rotatable bonds is 2. The van der Waals surface area contributed by atoms with Crippen molar-refractivity contribution in [3.05, 3.63) is 35.5 Å². The molecule has 0 aliphatic heterocycles. The molecule has 3 nitrogen and oxygen atoms in total. The summed E-state index contributed by atoms with van der Waals surface area (Å²) in [5.41, 5.74) is 3.86. The van der Waals surface area contributed by atoms with E-state index in [1.165, 1.54) is 41.4 Å². The molecule has 2 aliphatic rings. The Morgan fingerprint density at radius 1 is 1.05 bits per heavy atom. The quantitative estimate of drug-likeness (QED) is 0.855. The molecule has 0 unspecified atom stereocenters. The number of carbonyl (C=O) groups excluding carboxylic acids is 1. The van der Waals surface area contributed by atoms with Crippen LogP contribution < -0.4 is 5.32 Å². The maximum atomic E-state index is 12.6. The summed E-state index contributed by atoms with van der Waals surface area (Å²) < 4.78 is 0. The van der Waals surface area contributed by atoms with Gasteiger partial charge < -0.3 is 10.3 Å². The van der Waals surface area contributed by atoms with Crippen LogP contribution in [0.3, 0.4) is 0 Å². The Morgan fingerprint density at radius 2 is 1.86 bits per heavy atom. The first kappa shape index (κ1) is 13.9. The second kappa shape index (κ2) is 5.79. The van der Waals surface area contributed by atoms with E-state index in [1.807, 2.05) is 0 Å². The first-order valence-corrected chi connectivity index (χ1v) is 8.73. The molecule has 22 heavy (non-hydrogen) atoms. The van der Waals surface area contributed by atoms with Crippen LogP contribution in [-0.4, -0.2) is 10.9 Å². The van der Waals surface area contributed by atoms with E-state index < -0.39 is 0 Å². The van der Waals surface area contributed by atoms with Crippen molar-refractivity contribution in [1.29, 1.82) is 0 Å². The summed E-state index contributed by atoms with van der Waals surface area (Å²) in [7, 11) is 0. The molecule has 2 N–H and O–H groups in total. The molecule has 1 atom stereocenters. The van der Waals surface area contributed by atoms with E-state index in [1.54, 1.807) is 0 Å². The van der Waals surface area contributed by atoms with E-state index >= 15 is 0 Å². The lowest BCUT2D eigenvalue weighted by Crippen LogP contribution is -2.36. The average Bonchev–Trinajstić information content (AvgIpc) is 2.95. The Kier molecular flexibility index (Phi) is 3.65. The van der Waals surface area contributed by atoms with Gasteiger partial charge in [-0.3, -0.25) is 4.79 Å². The molecule has 2 aliphatic carbocycles. The highest BCUT2D eigenvalue weighted by molar-refractivity contribution is 5.85. The number of aromatic nitrogens is 1. The zero-order valence-electron chi connectivity index (χ0n) is 13.0. The van der Waals surface area contributed by atoms with Crippen LogP contribution in [0.25, 0.3) is 10.9 Å². The molecule has 1 saturated carbocycles. The van der Waals surface area contributed by atoms with E-state index in [9.17, 15) is 4.79 Å². The minimum absolute atomic E-state index is 0.172. The fraction of sp³-hybridized carbons (Fsp3) is 0.526. The summed E-state index contributed by atoms with van der Waals surface area (Å²) in [5.74, 6) is 0.514. The van der Waals surface area contributed by atoms with Crippen molar-refractivity contribution < 1.29 is 4.79 Å². The van der Waals surface area contributed by atoms with Crippen molar-refractivity contribution in [3.8, 4) is 0 Å². The molecule has 0 bridgehead atoms. The molecular weight excluding hydrogens is 272 g/mol. The summed E-state index contributed by atoms with van der Waals surface area (Å²) in [6.45, 7) is 0. The standard InChI is InChI=1S/C19H24N2O/c22-19(13-7-2-1-3-8-13)21-17-12-6-10-15-14-9-4-5-11-16(14)20-18(15)17/h4-5,9,11,13,17,20H,1-3,6-8,10,12H2,(H,21,22)/t17-/m1/s1. The topological polar surface area (TPSA) is 44.9 Å². The lowest BCUT2D eigenvalue weighted by molar-refractivity contribution is -0.126. The molecule has 1 fully saturated rings. The molecule has 1 aromatic carbocycles. The summed E-state index contributed by atoms with van der Waals surface area (Å²) in [5, 5.41) is 4.66. The van der Waals surface area contributed by atoms with Gasteiger partial charge in [0.25, 0.3) is 0 Å². The van der Waals surface area contributed by atoms with Gasteiger partial charge >= 0.3 is 0 Å². The highest BCUT2D eigenvalue weighted by atomic mass is 16.1. The Labute approximate surface area is 131 Å². The molecule has 0 saturated heterocycles.